The highest BCUT2D eigenvalue weighted by Gasteiger charge is 2.42. The van der Waals surface area contributed by atoms with Gasteiger partial charge in [-0.15, -0.1) is 0 Å². The molecule has 0 aromatic heterocycles. The summed E-state index contributed by atoms with van der Waals surface area (Å²) in [5.74, 6) is -3.43. The predicted octanol–water partition coefficient (Wildman–Crippen LogP) is 4.27. The summed E-state index contributed by atoms with van der Waals surface area (Å²) in [6.45, 7) is 4.58. The van der Waals surface area contributed by atoms with Gasteiger partial charge in [-0.3, -0.25) is 4.79 Å². The van der Waals surface area contributed by atoms with Crippen molar-refractivity contribution in [3.63, 3.8) is 0 Å². The molecule has 1 unspecified atom stereocenters. The minimum absolute atomic E-state index is 0.00620. The van der Waals surface area contributed by atoms with Crippen molar-refractivity contribution in [3.05, 3.63) is 29.6 Å². The number of carbonyl (C=O) groups excluding carboxylic acids is 2. The van der Waals surface area contributed by atoms with E-state index in [-0.39, 0.29) is 18.1 Å². The molecule has 0 N–H and O–H groups in total. The first-order valence-electron chi connectivity index (χ1n) is 7.26. The molecule has 1 rings (SSSR count). The largest absolute Gasteiger partial charge is 0.449 e. The number of alkyl halides is 3. The molecule has 0 saturated heterocycles. The molecule has 4 nitrogen and oxygen atoms in total. The third-order valence-electron chi connectivity index (χ3n) is 3.04. The topological polar surface area (TPSA) is 52.6 Å². The summed E-state index contributed by atoms with van der Waals surface area (Å²) in [5.41, 5.74) is -0.662. The number of carbonyl (C=O) groups is 2. The van der Waals surface area contributed by atoms with Crippen LogP contribution in [0.15, 0.2) is 18.2 Å². The number of ether oxygens (including phenoxy) is 2. The van der Waals surface area contributed by atoms with Crippen LogP contribution in [-0.4, -0.2) is 24.2 Å². The van der Waals surface area contributed by atoms with E-state index in [1.54, 1.807) is 13.8 Å². The number of esters is 2. The summed E-state index contributed by atoms with van der Waals surface area (Å²) in [5, 5.41) is 0. The lowest BCUT2D eigenvalue weighted by atomic mass is 10.0. The van der Waals surface area contributed by atoms with Crippen LogP contribution in [0.1, 0.15) is 44.0 Å². The van der Waals surface area contributed by atoms with E-state index >= 15 is 0 Å². The van der Waals surface area contributed by atoms with E-state index in [0.717, 1.165) is 25.1 Å². The van der Waals surface area contributed by atoms with Crippen LogP contribution < -0.4 is 4.74 Å². The maximum atomic E-state index is 13.8. The highest BCUT2D eigenvalue weighted by Crippen LogP contribution is 2.29. The van der Waals surface area contributed by atoms with Crippen LogP contribution in [0.25, 0.3) is 0 Å². The fourth-order valence-corrected chi connectivity index (χ4v) is 1.86. The number of hydrogen-bond donors (Lipinski definition) is 0. The molecule has 0 bridgehead atoms. The van der Waals surface area contributed by atoms with Gasteiger partial charge in [-0.05, 0) is 30.9 Å². The average Bonchev–Trinajstić information content (AvgIpc) is 2.41. The van der Waals surface area contributed by atoms with E-state index in [4.69, 9.17) is 0 Å². The van der Waals surface area contributed by atoms with Gasteiger partial charge in [0.25, 0.3) is 0 Å². The van der Waals surface area contributed by atoms with Gasteiger partial charge >= 0.3 is 18.1 Å². The minimum atomic E-state index is -4.74. The first-order valence-corrected chi connectivity index (χ1v) is 7.26. The Balaban J connectivity index is 2.89. The Kier molecular flexibility index (Phi) is 6.74. The SMILES string of the molecule is CC(=O)Oc1ccc(C(=O)OC(CCC(C)C)C(F)(F)F)c(F)c1. The Hall–Kier alpha value is -2.12. The molecule has 0 saturated carbocycles. The number of rotatable bonds is 6. The third kappa shape index (κ3) is 6.17. The Morgan fingerprint density at radius 2 is 1.79 bits per heavy atom. The molecule has 0 spiro atoms. The second kappa shape index (κ2) is 8.12. The number of halogens is 4. The molecule has 1 aromatic rings. The first kappa shape index (κ1) is 19.9. The Labute approximate surface area is 136 Å². The monoisotopic (exact) mass is 350 g/mol. The zero-order valence-corrected chi connectivity index (χ0v) is 13.4. The van der Waals surface area contributed by atoms with Gasteiger partial charge in [0.05, 0.1) is 5.56 Å². The van der Waals surface area contributed by atoms with E-state index in [0.29, 0.717) is 0 Å². The van der Waals surface area contributed by atoms with Gasteiger partial charge in [0, 0.05) is 13.0 Å². The maximum absolute atomic E-state index is 13.8. The molecular weight excluding hydrogens is 332 g/mol. The summed E-state index contributed by atoms with van der Waals surface area (Å²) in [7, 11) is 0. The molecule has 0 aliphatic rings. The first-order chi connectivity index (χ1) is 11.0. The summed E-state index contributed by atoms with van der Waals surface area (Å²) >= 11 is 0. The lowest BCUT2D eigenvalue weighted by Gasteiger charge is -2.21. The maximum Gasteiger partial charge on any atom is 0.425 e. The van der Waals surface area contributed by atoms with Crippen LogP contribution in [0.3, 0.4) is 0 Å². The van der Waals surface area contributed by atoms with Crippen LogP contribution >= 0.6 is 0 Å². The van der Waals surface area contributed by atoms with Crippen molar-refractivity contribution in [2.75, 3.05) is 0 Å². The lowest BCUT2D eigenvalue weighted by molar-refractivity contribution is -0.206. The zero-order valence-electron chi connectivity index (χ0n) is 13.4. The Morgan fingerprint density at radius 1 is 1.17 bits per heavy atom. The molecule has 8 heteroatoms. The summed E-state index contributed by atoms with van der Waals surface area (Å²) in [6.07, 6.45) is -7.25. The van der Waals surface area contributed by atoms with Crippen molar-refractivity contribution in [1.29, 1.82) is 0 Å². The highest BCUT2D eigenvalue weighted by molar-refractivity contribution is 5.90. The lowest BCUT2D eigenvalue weighted by Crippen LogP contribution is -2.34. The van der Waals surface area contributed by atoms with Crippen LogP contribution in [-0.2, 0) is 9.53 Å². The van der Waals surface area contributed by atoms with E-state index < -0.39 is 42.0 Å². The van der Waals surface area contributed by atoms with E-state index in [1.807, 2.05) is 0 Å². The summed E-state index contributed by atoms with van der Waals surface area (Å²) in [6, 6.07) is 2.73. The van der Waals surface area contributed by atoms with Gasteiger partial charge in [-0.1, -0.05) is 13.8 Å². The van der Waals surface area contributed by atoms with Crippen molar-refractivity contribution >= 4 is 11.9 Å². The average molecular weight is 350 g/mol. The van der Waals surface area contributed by atoms with Gasteiger partial charge in [0.2, 0.25) is 0 Å². The molecule has 0 aliphatic heterocycles. The van der Waals surface area contributed by atoms with E-state index in [1.165, 1.54) is 0 Å². The van der Waals surface area contributed by atoms with Crippen LogP contribution in [0.5, 0.6) is 5.75 Å². The van der Waals surface area contributed by atoms with Crippen molar-refractivity contribution < 1.29 is 36.6 Å². The predicted molar refractivity (Wildman–Crippen MR) is 77.0 cm³/mol. The molecule has 24 heavy (non-hydrogen) atoms. The number of hydrogen-bond acceptors (Lipinski definition) is 4. The van der Waals surface area contributed by atoms with Crippen LogP contribution in [0, 0.1) is 11.7 Å². The number of benzene rings is 1. The second-order valence-corrected chi connectivity index (χ2v) is 5.64. The molecular formula is C16H18F4O4. The summed E-state index contributed by atoms with van der Waals surface area (Å²) < 4.78 is 61.7. The van der Waals surface area contributed by atoms with Crippen LogP contribution in [0.4, 0.5) is 17.6 Å². The van der Waals surface area contributed by atoms with Gasteiger partial charge in [0.15, 0.2) is 6.10 Å². The molecule has 1 aromatic carbocycles. The van der Waals surface area contributed by atoms with Crippen molar-refractivity contribution in [2.24, 2.45) is 5.92 Å². The van der Waals surface area contributed by atoms with Crippen LogP contribution in [0.2, 0.25) is 0 Å². The smallest absolute Gasteiger partial charge is 0.425 e. The zero-order chi connectivity index (χ0) is 18.5. The van der Waals surface area contributed by atoms with Gasteiger partial charge < -0.3 is 9.47 Å². The fourth-order valence-electron chi connectivity index (χ4n) is 1.86. The Morgan fingerprint density at radius 3 is 2.25 bits per heavy atom. The van der Waals surface area contributed by atoms with Gasteiger partial charge in [0.1, 0.15) is 11.6 Å². The molecule has 134 valence electrons. The van der Waals surface area contributed by atoms with E-state index in [9.17, 15) is 27.2 Å². The van der Waals surface area contributed by atoms with Gasteiger partial charge in [-0.2, -0.15) is 13.2 Å². The minimum Gasteiger partial charge on any atom is -0.449 e. The fraction of sp³-hybridized carbons (Fsp3) is 0.500. The standard InChI is InChI=1S/C16H18F4O4/c1-9(2)4-7-14(16(18,19)20)24-15(22)12-6-5-11(8-13(12)17)23-10(3)21/h5-6,8-9,14H,4,7H2,1-3H3. The van der Waals surface area contributed by atoms with Gasteiger partial charge in [-0.25, -0.2) is 9.18 Å². The molecule has 0 radical (unpaired) electrons. The quantitative estimate of drug-likeness (QED) is 0.437. The third-order valence-corrected chi connectivity index (χ3v) is 3.04. The molecule has 0 aliphatic carbocycles. The molecule has 0 fully saturated rings. The van der Waals surface area contributed by atoms with Crippen molar-refractivity contribution in [3.8, 4) is 5.75 Å². The molecule has 0 heterocycles. The van der Waals surface area contributed by atoms with Crippen molar-refractivity contribution in [1.82, 2.24) is 0 Å². The van der Waals surface area contributed by atoms with Crippen molar-refractivity contribution in [2.45, 2.75) is 45.9 Å². The Bertz CT molecular complexity index is 596. The molecule has 1 atom stereocenters. The summed E-state index contributed by atoms with van der Waals surface area (Å²) in [4.78, 5) is 22.6. The molecule has 0 amide bonds. The second-order valence-electron chi connectivity index (χ2n) is 5.64. The normalized spacial score (nSPS) is 12.8. The van der Waals surface area contributed by atoms with E-state index in [2.05, 4.69) is 9.47 Å². The highest BCUT2D eigenvalue weighted by atomic mass is 19.4.